The Morgan fingerprint density at radius 3 is 2.45 bits per heavy atom. The van der Waals surface area contributed by atoms with E-state index >= 15 is 0 Å². The number of halogens is 1. The van der Waals surface area contributed by atoms with Crippen molar-refractivity contribution >= 4 is 40.2 Å². The second-order valence-electron chi connectivity index (χ2n) is 4.68. The summed E-state index contributed by atoms with van der Waals surface area (Å²) in [7, 11) is 0. The number of carbonyl (C=O) groups is 2. The first kappa shape index (κ1) is 16.5. The van der Waals surface area contributed by atoms with Crippen LogP contribution in [0.25, 0.3) is 0 Å². The zero-order chi connectivity index (χ0) is 15.9. The van der Waals surface area contributed by atoms with Crippen molar-refractivity contribution in [3.8, 4) is 0 Å². The molecule has 4 nitrogen and oxygen atoms in total. The van der Waals surface area contributed by atoms with Crippen LogP contribution in [0.4, 0.5) is 5.69 Å². The van der Waals surface area contributed by atoms with E-state index < -0.39 is 0 Å². The summed E-state index contributed by atoms with van der Waals surface area (Å²) in [6.45, 7) is 2.35. The van der Waals surface area contributed by atoms with Gasteiger partial charge in [-0.1, -0.05) is 13.0 Å². The highest BCUT2D eigenvalue weighted by Gasteiger charge is 2.09. The molecule has 0 heterocycles. The Kier molecular flexibility index (Phi) is 5.94. The van der Waals surface area contributed by atoms with Crippen LogP contribution in [0.2, 0.25) is 0 Å². The van der Waals surface area contributed by atoms with Crippen molar-refractivity contribution in [1.29, 1.82) is 0 Å². The maximum Gasteiger partial charge on any atom is 0.338 e. The van der Waals surface area contributed by atoms with Crippen molar-refractivity contribution in [3.05, 3.63) is 63.2 Å². The normalized spacial score (nSPS) is 10.1. The number of carbonyl (C=O) groups excluding carboxylic acids is 2. The molecule has 22 heavy (non-hydrogen) atoms. The van der Waals surface area contributed by atoms with Gasteiger partial charge in [-0.05, 0) is 71.5 Å². The highest BCUT2D eigenvalue weighted by molar-refractivity contribution is 14.1. The van der Waals surface area contributed by atoms with Gasteiger partial charge in [-0.2, -0.15) is 0 Å². The minimum Gasteiger partial charge on any atom is -0.462 e. The minimum absolute atomic E-state index is 0.181. The van der Waals surface area contributed by atoms with Crippen molar-refractivity contribution in [1.82, 2.24) is 0 Å². The van der Waals surface area contributed by atoms with Crippen LogP contribution in [0.15, 0.2) is 48.5 Å². The maximum atomic E-state index is 12.1. The molecule has 0 aromatic heterocycles. The van der Waals surface area contributed by atoms with Gasteiger partial charge in [-0.3, -0.25) is 4.79 Å². The van der Waals surface area contributed by atoms with E-state index in [1.54, 1.807) is 30.3 Å². The molecule has 0 bridgehead atoms. The molecule has 2 rings (SSSR count). The number of hydrogen-bond acceptors (Lipinski definition) is 3. The van der Waals surface area contributed by atoms with E-state index in [0.29, 0.717) is 23.4 Å². The number of amides is 1. The van der Waals surface area contributed by atoms with Crippen LogP contribution >= 0.6 is 22.6 Å². The molecule has 0 atom stereocenters. The lowest BCUT2D eigenvalue weighted by Gasteiger charge is -2.07. The third-order valence-electron chi connectivity index (χ3n) is 2.90. The summed E-state index contributed by atoms with van der Waals surface area (Å²) in [5, 5.41) is 2.80. The second kappa shape index (κ2) is 7.93. The Labute approximate surface area is 143 Å². The van der Waals surface area contributed by atoms with E-state index in [-0.39, 0.29) is 11.9 Å². The van der Waals surface area contributed by atoms with Crippen molar-refractivity contribution in [2.75, 3.05) is 11.9 Å². The summed E-state index contributed by atoms with van der Waals surface area (Å²) in [6, 6.07) is 14.0. The van der Waals surface area contributed by atoms with Gasteiger partial charge < -0.3 is 10.1 Å². The molecule has 0 fully saturated rings. The predicted octanol–water partition coefficient (Wildman–Crippen LogP) is 4.11. The molecule has 5 heteroatoms. The molecule has 2 aromatic carbocycles. The van der Waals surface area contributed by atoms with Gasteiger partial charge in [0.25, 0.3) is 5.91 Å². The van der Waals surface area contributed by atoms with Gasteiger partial charge in [0.15, 0.2) is 0 Å². The van der Waals surface area contributed by atoms with Gasteiger partial charge in [-0.25, -0.2) is 4.79 Å². The molecule has 0 aliphatic carbocycles. The first-order chi connectivity index (χ1) is 10.6. The lowest BCUT2D eigenvalue weighted by atomic mass is 10.2. The predicted molar refractivity (Wildman–Crippen MR) is 94.1 cm³/mol. The van der Waals surface area contributed by atoms with Crippen molar-refractivity contribution < 1.29 is 14.3 Å². The summed E-state index contributed by atoms with van der Waals surface area (Å²) in [6.07, 6.45) is 0.787. The van der Waals surface area contributed by atoms with Gasteiger partial charge in [0, 0.05) is 14.8 Å². The van der Waals surface area contributed by atoms with Gasteiger partial charge in [0.05, 0.1) is 12.2 Å². The molecule has 1 N–H and O–H groups in total. The number of ether oxygens (including phenoxy) is 1. The molecule has 0 saturated heterocycles. The van der Waals surface area contributed by atoms with Crippen LogP contribution in [0, 0.1) is 3.57 Å². The Bertz CT molecular complexity index is 668. The molecule has 0 radical (unpaired) electrons. The SMILES string of the molecule is CCCOC(=O)c1ccc(NC(=O)c2cccc(I)c2)cc1. The maximum absolute atomic E-state index is 12.1. The number of rotatable bonds is 5. The smallest absolute Gasteiger partial charge is 0.338 e. The Morgan fingerprint density at radius 1 is 1.09 bits per heavy atom. The second-order valence-corrected chi connectivity index (χ2v) is 5.92. The molecule has 114 valence electrons. The zero-order valence-corrected chi connectivity index (χ0v) is 14.3. The zero-order valence-electron chi connectivity index (χ0n) is 12.1. The summed E-state index contributed by atoms with van der Waals surface area (Å²) in [5.74, 6) is -0.530. The average Bonchev–Trinajstić information content (AvgIpc) is 2.53. The van der Waals surface area contributed by atoms with Crippen LogP contribution < -0.4 is 5.32 Å². The van der Waals surface area contributed by atoms with Gasteiger partial charge in [0.2, 0.25) is 0 Å². The minimum atomic E-state index is -0.350. The van der Waals surface area contributed by atoms with E-state index in [0.717, 1.165) is 9.99 Å². The molecular formula is C17H16INO3. The number of hydrogen-bond donors (Lipinski definition) is 1. The Hall–Kier alpha value is -1.89. The molecule has 2 aromatic rings. The number of benzene rings is 2. The number of nitrogens with one attached hydrogen (secondary N) is 1. The van der Waals surface area contributed by atoms with Crippen LogP contribution in [-0.4, -0.2) is 18.5 Å². The fourth-order valence-corrected chi connectivity index (χ4v) is 2.34. The number of esters is 1. The average molecular weight is 409 g/mol. The van der Waals surface area contributed by atoms with E-state index in [4.69, 9.17) is 4.74 Å². The van der Waals surface area contributed by atoms with Crippen molar-refractivity contribution in [2.24, 2.45) is 0 Å². The summed E-state index contributed by atoms with van der Waals surface area (Å²) in [5.41, 5.74) is 1.70. The molecule has 0 aliphatic heterocycles. The third kappa shape index (κ3) is 4.56. The standard InChI is InChI=1S/C17H16INO3/c1-2-10-22-17(21)12-6-8-15(9-7-12)19-16(20)13-4-3-5-14(18)11-13/h3-9,11H,2,10H2,1H3,(H,19,20). The van der Waals surface area contributed by atoms with E-state index in [1.807, 2.05) is 25.1 Å². The third-order valence-corrected chi connectivity index (χ3v) is 3.57. The van der Waals surface area contributed by atoms with Gasteiger partial charge in [0.1, 0.15) is 0 Å². The summed E-state index contributed by atoms with van der Waals surface area (Å²) in [4.78, 5) is 23.8. The highest BCUT2D eigenvalue weighted by Crippen LogP contribution is 2.14. The largest absolute Gasteiger partial charge is 0.462 e. The van der Waals surface area contributed by atoms with Gasteiger partial charge in [-0.15, -0.1) is 0 Å². The lowest BCUT2D eigenvalue weighted by Crippen LogP contribution is -2.12. The molecular weight excluding hydrogens is 393 g/mol. The first-order valence-corrected chi connectivity index (χ1v) is 8.02. The molecule has 0 saturated carbocycles. The summed E-state index contributed by atoms with van der Waals surface area (Å²) < 4.78 is 6.05. The fraction of sp³-hybridized carbons (Fsp3) is 0.176. The van der Waals surface area contributed by atoms with E-state index in [1.165, 1.54) is 0 Å². The van der Waals surface area contributed by atoms with E-state index in [9.17, 15) is 9.59 Å². The topological polar surface area (TPSA) is 55.4 Å². The molecule has 0 aliphatic rings. The van der Waals surface area contributed by atoms with Crippen molar-refractivity contribution in [3.63, 3.8) is 0 Å². The summed E-state index contributed by atoms with van der Waals surface area (Å²) >= 11 is 2.16. The first-order valence-electron chi connectivity index (χ1n) is 6.94. The van der Waals surface area contributed by atoms with Crippen LogP contribution in [-0.2, 0) is 4.74 Å². The highest BCUT2D eigenvalue weighted by atomic mass is 127. The van der Waals surface area contributed by atoms with Crippen LogP contribution in [0.3, 0.4) is 0 Å². The van der Waals surface area contributed by atoms with Gasteiger partial charge >= 0.3 is 5.97 Å². The molecule has 0 spiro atoms. The fourth-order valence-electron chi connectivity index (χ4n) is 1.80. The molecule has 0 unspecified atom stereocenters. The number of anilines is 1. The van der Waals surface area contributed by atoms with Crippen LogP contribution in [0.5, 0.6) is 0 Å². The van der Waals surface area contributed by atoms with Crippen LogP contribution in [0.1, 0.15) is 34.1 Å². The lowest BCUT2D eigenvalue weighted by molar-refractivity contribution is 0.0505. The quantitative estimate of drug-likeness (QED) is 0.598. The monoisotopic (exact) mass is 409 g/mol. The van der Waals surface area contributed by atoms with E-state index in [2.05, 4.69) is 27.9 Å². The molecule has 1 amide bonds. The Balaban J connectivity index is 2.02. The Morgan fingerprint density at radius 2 is 1.82 bits per heavy atom. The van der Waals surface area contributed by atoms with Crippen molar-refractivity contribution in [2.45, 2.75) is 13.3 Å².